The number of fused-ring (bicyclic) bond motifs is 1. The molecule has 2 heterocycles. The Hall–Kier alpha value is -2.49. The number of carbonyl (C=O) groups excluding carboxylic acids is 1. The van der Waals surface area contributed by atoms with E-state index in [9.17, 15) is 4.79 Å². The van der Waals surface area contributed by atoms with Crippen LogP contribution in [0.25, 0.3) is 11.0 Å². The smallest absolute Gasteiger partial charge is 0.355 e. The lowest BCUT2D eigenvalue weighted by Gasteiger charge is -2.13. The molecular formula is C21H26N2O2. The molecule has 1 aromatic carbocycles. The summed E-state index contributed by atoms with van der Waals surface area (Å²) in [6.07, 6.45) is 1.88. The molecule has 0 amide bonds. The maximum Gasteiger partial charge on any atom is 0.355 e. The summed E-state index contributed by atoms with van der Waals surface area (Å²) < 4.78 is 9.51. The first-order valence-electron chi connectivity index (χ1n) is 8.81. The van der Waals surface area contributed by atoms with Crippen LogP contribution < -0.4 is 0 Å². The molecule has 0 aliphatic heterocycles. The van der Waals surface area contributed by atoms with Crippen molar-refractivity contribution in [2.24, 2.45) is 7.05 Å². The molecule has 3 rings (SSSR count). The summed E-state index contributed by atoms with van der Waals surface area (Å²) in [5, 5.41) is 0. The molecule has 0 fully saturated rings. The average Bonchev–Trinajstić information content (AvgIpc) is 3.08. The summed E-state index contributed by atoms with van der Waals surface area (Å²) in [7, 11) is 1.99. The number of nitrogens with zero attached hydrogens (tertiary/aromatic N) is 2. The molecule has 3 aromatic rings. The van der Waals surface area contributed by atoms with Crippen LogP contribution >= 0.6 is 0 Å². The predicted octanol–water partition coefficient (Wildman–Crippen LogP) is 4.72. The summed E-state index contributed by atoms with van der Waals surface area (Å²) in [6, 6.07) is 12.6. The highest BCUT2D eigenvalue weighted by molar-refractivity contribution is 5.95. The molecule has 0 radical (unpaired) electrons. The van der Waals surface area contributed by atoms with Crippen LogP contribution in [-0.4, -0.2) is 21.2 Å². The zero-order valence-electron chi connectivity index (χ0n) is 15.6. The van der Waals surface area contributed by atoms with Crippen molar-refractivity contribution in [3.05, 3.63) is 59.4 Å². The second-order valence-electron chi connectivity index (χ2n) is 7.16. The lowest BCUT2D eigenvalue weighted by molar-refractivity contribution is 0.0366. The standard InChI is InChI=1S/C21H26N2O2/c1-14(2)17-8-6-16(7-9-17)13-23-18-10-11-22(5)19(18)12-20(23)21(24)25-15(3)4/h6-12,14-15H,13H2,1-5H3. The third kappa shape index (κ3) is 3.48. The molecule has 2 aromatic heterocycles. The molecule has 0 unspecified atom stereocenters. The van der Waals surface area contributed by atoms with E-state index in [1.807, 2.05) is 48.4 Å². The van der Waals surface area contributed by atoms with Crippen molar-refractivity contribution in [3.63, 3.8) is 0 Å². The Kier molecular flexibility index (Phi) is 4.71. The van der Waals surface area contributed by atoms with Crippen LogP contribution in [0.2, 0.25) is 0 Å². The lowest BCUT2D eigenvalue weighted by atomic mass is 10.0. The molecule has 4 nitrogen and oxygen atoms in total. The van der Waals surface area contributed by atoms with E-state index in [0.717, 1.165) is 11.0 Å². The van der Waals surface area contributed by atoms with Crippen molar-refractivity contribution in [1.29, 1.82) is 0 Å². The highest BCUT2D eigenvalue weighted by Gasteiger charge is 2.19. The van der Waals surface area contributed by atoms with Crippen molar-refractivity contribution in [3.8, 4) is 0 Å². The van der Waals surface area contributed by atoms with Crippen LogP contribution in [0.3, 0.4) is 0 Å². The Labute approximate surface area is 149 Å². The topological polar surface area (TPSA) is 36.2 Å². The number of hydrogen-bond acceptors (Lipinski definition) is 2. The Bertz CT molecular complexity index is 883. The van der Waals surface area contributed by atoms with Gasteiger partial charge in [-0.3, -0.25) is 0 Å². The molecule has 0 bridgehead atoms. The van der Waals surface area contributed by atoms with Gasteiger partial charge in [0.05, 0.1) is 17.1 Å². The maximum atomic E-state index is 12.5. The summed E-state index contributed by atoms with van der Waals surface area (Å²) in [4.78, 5) is 12.5. The van der Waals surface area contributed by atoms with E-state index in [1.54, 1.807) is 0 Å². The molecule has 132 valence electrons. The highest BCUT2D eigenvalue weighted by Crippen LogP contribution is 2.24. The predicted molar refractivity (Wildman–Crippen MR) is 101 cm³/mol. The van der Waals surface area contributed by atoms with E-state index in [1.165, 1.54) is 11.1 Å². The van der Waals surface area contributed by atoms with Crippen molar-refractivity contribution in [2.45, 2.75) is 46.3 Å². The summed E-state index contributed by atoms with van der Waals surface area (Å²) in [6.45, 7) is 8.77. The quantitative estimate of drug-likeness (QED) is 0.631. The first-order chi connectivity index (χ1) is 11.9. The van der Waals surface area contributed by atoms with Gasteiger partial charge in [-0.05, 0) is 43.0 Å². The van der Waals surface area contributed by atoms with Gasteiger partial charge in [-0.15, -0.1) is 0 Å². The van der Waals surface area contributed by atoms with Crippen LogP contribution in [0.1, 0.15) is 55.2 Å². The Morgan fingerprint density at radius 1 is 1.04 bits per heavy atom. The largest absolute Gasteiger partial charge is 0.458 e. The Morgan fingerprint density at radius 3 is 2.32 bits per heavy atom. The fourth-order valence-corrected chi connectivity index (χ4v) is 3.07. The maximum absolute atomic E-state index is 12.5. The fraction of sp³-hybridized carbons (Fsp3) is 0.381. The van der Waals surface area contributed by atoms with Gasteiger partial charge in [-0.2, -0.15) is 0 Å². The minimum absolute atomic E-state index is 0.135. The monoisotopic (exact) mass is 338 g/mol. The molecule has 0 aliphatic rings. The number of aryl methyl sites for hydroxylation is 1. The summed E-state index contributed by atoms with van der Waals surface area (Å²) in [5.41, 5.74) is 5.17. The minimum atomic E-state index is -0.273. The van der Waals surface area contributed by atoms with E-state index in [4.69, 9.17) is 4.74 Å². The van der Waals surface area contributed by atoms with Gasteiger partial charge in [0.25, 0.3) is 0 Å². The normalized spacial score (nSPS) is 11.6. The molecule has 4 heteroatoms. The van der Waals surface area contributed by atoms with E-state index in [0.29, 0.717) is 18.2 Å². The number of carbonyl (C=O) groups is 1. The van der Waals surface area contributed by atoms with Gasteiger partial charge in [0.15, 0.2) is 0 Å². The lowest BCUT2D eigenvalue weighted by Crippen LogP contribution is -2.16. The number of ether oxygens (including phenoxy) is 1. The van der Waals surface area contributed by atoms with E-state index in [-0.39, 0.29) is 12.1 Å². The molecule has 0 aliphatic carbocycles. The Balaban J connectivity index is 1.99. The van der Waals surface area contributed by atoms with Crippen molar-refractivity contribution < 1.29 is 9.53 Å². The number of hydrogen-bond donors (Lipinski definition) is 0. The van der Waals surface area contributed by atoms with Crippen LogP contribution in [0, 0.1) is 0 Å². The molecule has 0 saturated heterocycles. The van der Waals surface area contributed by atoms with Crippen LogP contribution in [0.15, 0.2) is 42.6 Å². The summed E-state index contributed by atoms with van der Waals surface area (Å²) in [5.74, 6) is 0.239. The average molecular weight is 338 g/mol. The third-order valence-electron chi connectivity index (χ3n) is 4.49. The zero-order valence-corrected chi connectivity index (χ0v) is 15.6. The molecule has 0 N–H and O–H groups in total. The third-order valence-corrected chi connectivity index (χ3v) is 4.49. The number of rotatable bonds is 5. The molecule has 25 heavy (non-hydrogen) atoms. The fourth-order valence-electron chi connectivity index (χ4n) is 3.07. The zero-order chi connectivity index (χ0) is 18.1. The Morgan fingerprint density at radius 2 is 1.72 bits per heavy atom. The van der Waals surface area contributed by atoms with Crippen molar-refractivity contribution in [1.82, 2.24) is 9.13 Å². The van der Waals surface area contributed by atoms with Gasteiger partial charge >= 0.3 is 5.97 Å². The van der Waals surface area contributed by atoms with Gasteiger partial charge < -0.3 is 13.9 Å². The van der Waals surface area contributed by atoms with Gasteiger partial charge in [-0.1, -0.05) is 38.1 Å². The van der Waals surface area contributed by atoms with E-state index >= 15 is 0 Å². The van der Waals surface area contributed by atoms with Gasteiger partial charge in [0.2, 0.25) is 0 Å². The van der Waals surface area contributed by atoms with Crippen molar-refractivity contribution >= 4 is 17.0 Å². The van der Waals surface area contributed by atoms with Crippen LogP contribution in [-0.2, 0) is 18.3 Å². The van der Waals surface area contributed by atoms with Crippen LogP contribution in [0.4, 0.5) is 0 Å². The molecular weight excluding hydrogens is 312 g/mol. The van der Waals surface area contributed by atoms with Gasteiger partial charge in [-0.25, -0.2) is 4.79 Å². The molecule has 0 atom stereocenters. The SMILES string of the molecule is CC(C)OC(=O)c1cc2c(ccn2C)n1Cc1ccc(C(C)C)cc1. The second-order valence-corrected chi connectivity index (χ2v) is 7.16. The number of aromatic nitrogens is 2. The number of benzene rings is 1. The van der Waals surface area contributed by atoms with Crippen molar-refractivity contribution in [2.75, 3.05) is 0 Å². The van der Waals surface area contributed by atoms with E-state index < -0.39 is 0 Å². The second kappa shape index (κ2) is 6.79. The highest BCUT2D eigenvalue weighted by atomic mass is 16.5. The molecule has 0 spiro atoms. The first kappa shape index (κ1) is 17.3. The molecule has 0 saturated carbocycles. The first-order valence-corrected chi connectivity index (χ1v) is 8.81. The van der Waals surface area contributed by atoms with Gasteiger partial charge in [0.1, 0.15) is 5.69 Å². The number of esters is 1. The van der Waals surface area contributed by atoms with E-state index in [2.05, 4.69) is 38.1 Å². The van der Waals surface area contributed by atoms with Gasteiger partial charge in [0, 0.05) is 19.8 Å². The minimum Gasteiger partial charge on any atom is -0.458 e. The summed E-state index contributed by atoms with van der Waals surface area (Å²) >= 11 is 0. The van der Waals surface area contributed by atoms with Crippen LogP contribution in [0.5, 0.6) is 0 Å².